The van der Waals surface area contributed by atoms with Gasteiger partial charge in [0.2, 0.25) is 10.0 Å². The van der Waals surface area contributed by atoms with Gasteiger partial charge in [-0.3, -0.25) is 0 Å². The van der Waals surface area contributed by atoms with E-state index in [2.05, 4.69) is 22.0 Å². The van der Waals surface area contributed by atoms with Crippen molar-refractivity contribution in [3.63, 3.8) is 0 Å². The van der Waals surface area contributed by atoms with Crippen LogP contribution in [0.15, 0.2) is 57.9 Å². The van der Waals surface area contributed by atoms with Crippen LogP contribution >= 0.6 is 15.9 Å². The maximum Gasteiger partial charge on any atom is 0.243 e. The highest BCUT2D eigenvalue weighted by Crippen LogP contribution is 2.19. The van der Waals surface area contributed by atoms with E-state index in [0.717, 1.165) is 24.1 Å². The molecule has 0 aromatic heterocycles. The first-order chi connectivity index (χ1) is 12.0. The maximum absolute atomic E-state index is 12.8. The molecule has 0 unspecified atom stereocenters. The molecule has 1 heterocycles. The number of quaternary nitrogens is 1. The minimum Gasteiger partial charge on any atom is -0.497 e. The molecule has 0 aliphatic carbocycles. The Morgan fingerprint density at radius 1 is 1.08 bits per heavy atom. The smallest absolute Gasteiger partial charge is 0.243 e. The molecule has 3 rings (SSSR count). The van der Waals surface area contributed by atoms with Crippen LogP contribution in [0.4, 0.5) is 0 Å². The zero-order valence-electron chi connectivity index (χ0n) is 14.1. The molecule has 1 aliphatic rings. The average molecular weight is 426 g/mol. The Bertz CT molecular complexity index is 816. The number of halogens is 1. The van der Waals surface area contributed by atoms with Crippen LogP contribution in [0.25, 0.3) is 0 Å². The molecular weight excluding hydrogens is 404 g/mol. The number of benzene rings is 2. The van der Waals surface area contributed by atoms with E-state index >= 15 is 0 Å². The van der Waals surface area contributed by atoms with Gasteiger partial charge in [0.1, 0.15) is 12.3 Å². The molecule has 1 N–H and O–H groups in total. The normalized spacial score (nSPS) is 16.7. The topological polar surface area (TPSA) is 51.1 Å². The predicted molar refractivity (Wildman–Crippen MR) is 100 cm³/mol. The molecule has 2 aromatic carbocycles. The van der Waals surface area contributed by atoms with Gasteiger partial charge in [0.25, 0.3) is 0 Å². The molecular formula is C18H22BrN2O3S+. The fourth-order valence-electron chi connectivity index (χ4n) is 3.03. The number of piperazine rings is 1. The Labute approximate surface area is 157 Å². The lowest BCUT2D eigenvalue weighted by atomic mass is 10.2. The molecule has 7 heteroatoms. The Morgan fingerprint density at radius 2 is 1.72 bits per heavy atom. The van der Waals surface area contributed by atoms with E-state index in [-0.39, 0.29) is 0 Å². The van der Waals surface area contributed by atoms with Gasteiger partial charge in [-0.25, -0.2) is 8.42 Å². The fourth-order valence-corrected chi connectivity index (χ4v) is 4.89. The van der Waals surface area contributed by atoms with Crippen LogP contribution in [0.3, 0.4) is 0 Å². The van der Waals surface area contributed by atoms with E-state index in [9.17, 15) is 8.42 Å². The van der Waals surface area contributed by atoms with Crippen molar-refractivity contribution in [2.24, 2.45) is 0 Å². The molecule has 0 radical (unpaired) electrons. The van der Waals surface area contributed by atoms with Crippen LogP contribution in [0, 0.1) is 0 Å². The van der Waals surface area contributed by atoms with E-state index in [1.54, 1.807) is 35.7 Å². The van der Waals surface area contributed by atoms with Crippen molar-refractivity contribution in [3.05, 3.63) is 58.6 Å². The van der Waals surface area contributed by atoms with Crippen LogP contribution in [0.5, 0.6) is 5.75 Å². The molecule has 1 saturated heterocycles. The third-order valence-corrected chi connectivity index (χ3v) is 7.21. The number of methoxy groups -OCH3 is 1. The Hall–Kier alpha value is -1.41. The number of nitrogens with one attached hydrogen (secondary N) is 1. The molecule has 0 amide bonds. The Kier molecular flexibility index (Phi) is 5.78. The molecule has 5 nitrogen and oxygen atoms in total. The van der Waals surface area contributed by atoms with Crippen molar-refractivity contribution < 1.29 is 18.1 Å². The molecule has 1 fully saturated rings. The number of hydrogen-bond donors (Lipinski definition) is 1. The third kappa shape index (κ3) is 4.23. The first-order valence-corrected chi connectivity index (χ1v) is 10.4. The van der Waals surface area contributed by atoms with Gasteiger partial charge in [0.15, 0.2) is 0 Å². The van der Waals surface area contributed by atoms with E-state index in [0.29, 0.717) is 23.7 Å². The summed E-state index contributed by atoms with van der Waals surface area (Å²) in [5.74, 6) is 0.654. The lowest BCUT2D eigenvalue weighted by Crippen LogP contribution is -3.13. The van der Waals surface area contributed by atoms with Crippen molar-refractivity contribution in [2.45, 2.75) is 11.4 Å². The van der Waals surface area contributed by atoms with Gasteiger partial charge < -0.3 is 9.64 Å². The minimum atomic E-state index is -3.44. The van der Waals surface area contributed by atoms with Gasteiger partial charge in [-0.15, -0.1) is 0 Å². The molecule has 0 bridgehead atoms. The van der Waals surface area contributed by atoms with Crippen molar-refractivity contribution in [3.8, 4) is 5.75 Å². The van der Waals surface area contributed by atoms with E-state index in [1.165, 1.54) is 10.5 Å². The van der Waals surface area contributed by atoms with Crippen molar-refractivity contribution in [1.29, 1.82) is 0 Å². The van der Waals surface area contributed by atoms with Gasteiger partial charge in [0, 0.05) is 10.0 Å². The van der Waals surface area contributed by atoms with E-state index in [4.69, 9.17) is 4.74 Å². The SMILES string of the molecule is COc1ccc(S(=O)(=O)N2CC[NH+](Cc3ccccc3Br)CC2)cc1. The highest BCUT2D eigenvalue weighted by atomic mass is 79.9. The van der Waals surface area contributed by atoms with Crippen LogP contribution in [-0.2, 0) is 16.6 Å². The van der Waals surface area contributed by atoms with Crippen LogP contribution in [0.2, 0.25) is 0 Å². The summed E-state index contributed by atoms with van der Waals surface area (Å²) < 4.78 is 33.3. The molecule has 134 valence electrons. The molecule has 25 heavy (non-hydrogen) atoms. The maximum atomic E-state index is 12.8. The second-order valence-electron chi connectivity index (χ2n) is 6.10. The first kappa shape index (κ1) is 18.4. The van der Waals surface area contributed by atoms with Gasteiger partial charge in [0.05, 0.1) is 38.2 Å². The molecule has 0 atom stereocenters. The summed E-state index contributed by atoms with van der Waals surface area (Å²) in [5.41, 5.74) is 1.25. The zero-order chi connectivity index (χ0) is 17.9. The summed E-state index contributed by atoms with van der Waals surface area (Å²) in [6.07, 6.45) is 0. The number of sulfonamides is 1. The van der Waals surface area contributed by atoms with Crippen LogP contribution in [-0.4, -0.2) is 46.0 Å². The zero-order valence-corrected chi connectivity index (χ0v) is 16.5. The van der Waals surface area contributed by atoms with E-state index in [1.807, 2.05) is 18.2 Å². The lowest BCUT2D eigenvalue weighted by molar-refractivity contribution is -0.917. The molecule has 0 spiro atoms. The monoisotopic (exact) mass is 425 g/mol. The first-order valence-electron chi connectivity index (χ1n) is 8.22. The van der Waals surface area contributed by atoms with Crippen LogP contribution in [0.1, 0.15) is 5.56 Å². The summed E-state index contributed by atoms with van der Waals surface area (Å²) in [5, 5.41) is 0. The second-order valence-corrected chi connectivity index (χ2v) is 8.89. The van der Waals surface area contributed by atoms with Gasteiger partial charge in [-0.2, -0.15) is 4.31 Å². The molecule has 0 saturated carbocycles. The molecule has 2 aromatic rings. The third-order valence-electron chi connectivity index (χ3n) is 4.53. The quantitative estimate of drug-likeness (QED) is 0.790. The lowest BCUT2D eigenvalue weighted by Gasteiger charge is -2.31. The second kappa shape index (κ2) is 7.86. The number of hydrogen-bond acceptors (Lipinski definition) is 3. The van der Waals surface area contributed by atoms with Crippen molar-refractivity contribution in [1.82, 2.24) is 4.31 Å². The highest BCUT2D eigenvalue weighted by molar-refractivity contribution is 9.10. The molecule has 1 aliphatic heterocycles. The summed E-state index contributed by atoms with van der Waals surface area (Å²) in [7, 11) is -1.87. The predicted octanol–water partition coefficient (Wildman–Crippen LogP) is 1.55. The summed E-state index contributed by atoms with van der Waals surface area (Å²) in [6, 6.07) is 14.8. The summed E-state index contributed by atoms with van der Waals surface area (Å²) >= 11 is 3.58. The number of ether oxygens (including phenoxy) is 1. The summed E-state index contributed by atoms with van der Waals surface area (Å²) in [6.45, 7) is 3.58. The van der Waals surface area contributed by atoms with Crippen molar-refractivity contribution in [2.75, 3.05) is 33.3 Å². The highest BCUT2D eigenvalue weighted by Gasteiger charge is 2.30. The van der Waals surface area contributed by atoms with Gasteiger partial charge in [-0.05, 0) is 30.3 Å². The van der Waals surface area contributed by atoms with Gasteiger partial charge in [-0.1, -0.05) is 34.1 Å². The largest absolute Gasteiger partial charge is 0.497 e. The average Bonchev–Trinajstić information content (AvgIpc) is 2.64. The number of rotatable bonds is 5. The fraction of sp³-hybridized carbons (Fsp3) is 0.333. The van der Waals surface area contributed by atoms with Gasteiger partial charge >= 0.3 is 0 Å². The number of nitrogens with zero attached hydrogens (tertiary/aromatic N) is 1. The van der Waals surface area contributed by atoms with Crippen LogP contribution < -0.4 is 9.64 Å². The Morgan fingerprint density at radius 3 is 2.32 bits per heavy atom. The minimum absolute atomic E-state index is 0.322. The standard InChI is InChI=1S/C18H21BrN2O3S/c1-24-16-6-8-17(9-7-16)25(22,23)21-12-10-20(11-13-21)14-15-4-2-3-5-18(15)19/h2-9H,10-14H2,1H3/p+1. The van der Waals surface area contributed by atoms with Crippen molar-refractivity contribution >= 4 is 26.0 Å². The Balaban J connectivity index is 1.64. The van der Waals surface area contributed by atoms with E-state index < -0.39 is 10.0 Å². The summed E-state index contributed by atoms with van der Waals surface area (Å²) in [4.78, 5) is 1.72.